The lowest BCUT2D eigenvalue weighted by molar-refractivity contribution is 0.0980. The van der Waals surface area contributed by atoms with Crippen LogP contribution < -0.4 is 14.9 Å². The molecule has 3 rings (SSSR count). The van der Waals surface area contributed by atoms with E-state index in [0.717, 1.165) is 0 Å². The zero-order chi connectivity index (χ0) is 20.5. The third kappa shape index (κ3) is 3.99. The highest BCUT2D eigenvalue weighted by Crippen LogP contribution is 2.18. The smallest absolute Gasteiger partial charge is 0.266 e. The Balaban J connectivity index is 1.80. The molecule has 0 spiro atoms. The first-order chi connectivity index (χ1) is 13.2. The van der Waals surface area contributed by atoms with Gasteiger partial charge in [0, 0.05) is 25.5 Å². The lowest BCUT2D eigenvalue weighted by Crippen LogP contribution is -2.37. The number of sulfonamides is 1. The number of aryl methyl sites for hydroxylation is 1. The fraction of sp³-hybridized carbons (Fsp3) is 0.353. The molecule has 0 aliphatic carbocycles. The van der Waals surface area contributed by atoms with Crippen molar-refractivity contribution in [1.82, 2.24) is 29.9 Å². The maximum atomic E-state index is 12.5. The molecule has 3 heterocycles. The van der Waals surface area contributed by atoms with Crippen molar-refractivity contribution < 1.29 is 17.9 Å². The second-order valence-electron chi connectivity index (χ2n) is 6.26. The van der Waals surface area contributed by atoms with E-state index in [2.05, 4.69) is 20.2 Å². The van der Waals surface area contributed by atoms with Crippen LogP contribution in [0, 0.1) is 6.92 Å². The second kappa shape index (κ2) is 7.60. The third-order valence-electron chi connectivity index (χ3n) is 4.09. The minimum atomic E-state index is -3.98. The number of carbonyl (C=O) groups excluding carboxylic acids is 1. The minimum absolute atomic E-state index is 0.0885. The van der Waals surface area contributed by atoms with Gasteiger partial charge in [0.1, 0.15) is 4.91 Å². The molecular weight excluding hydrogens is 384 g/mol. The number of nitrogens with one attached hydrogen (secondary N) is 2. The molecule has 10 nitrogen and oxygen atoms in total. The van der Waals surface area contributed by atoms with Gasteiger partial charge in [-0.25, -0.2) is 28.2 Å². The molecule has 0 fully saturated rings. The summed E-state index contributed by atoms with van der Waals surface area (Å²) in [6.07, 6.45) is 3.12. The molecule has 0 saturated carbocycles. The Bertz CT molecular complexity index is 1030. The van der Waals surface area contributed by atoms with Crippen molar-refractivity contribution in [2.24, 2.45) is 0 Å². The van der Waals surface area contributed by atoms with E-state index in [1.165, 1.54) is 22.0 Å². The van der Waals surface area contributed by atoms with E-state index in [1.807, 2.05) is 6.92 Å². The fourth-order valence-corrected chi connectivity index (χ4v) is 4.11. The Morgan fingerprint density at radius 1 is 1.36 bits per heavy atom. The molecule has 28 heavy (non-hydrogen) atoms. The maximum Gasteiger partial charge on any atom is 0.266 e. The quantitative estimate of drug-likeness (QED) is 0.720. The number of amides is 1. The number of aromatic nitrogens is 3. The highest BCUT2D eigenvalue weighted by molar-refractivity contribution is 7.94. The molecule has 2 N–H and O–H groups in total. The number of carbonyl (C=O) groups is 1. The van der Waals surface area contributed by atoms with Gasteiger partial charge < -0.3 is 9.75 Å². The predicted octanol–water partition coefficient (Wildman–Crippen LogP) is 0.714. The predicted molar refractivity (Wildman–Crippen MR) is 102 cm³/mol. The number of hydrazine groups is 1. The van der Waals surface area contributed by atoms with Gasteiger partial charge in [-0.1, -0.05) is 0 Å². The molecule has 1 amide bonds. The summed E-state index contributed by atoms with van der Waals surface area (Å²) in [6, 6.07) is 4.37. The van der Waals surface area contributed by atoms with Crippen molar-refractivity contribution >= 4 is 15.9 Å². The SMILES string of the molecule is CCOc1ccn(-c2ccc(C(=O)NS(=O)(=O)C3=CN(C)NC3C)c(C)n2)n1. The molecule has 0 aromatic carbocycles. The summed E-state index contributed by atoms with van der Waals surface area (Å²) in [5.41, 5.74) is 3.45. The molecular formula is C17H22N6O4S. The van der Waals surface area contributed by atoms with Crippen molar-refractivity contribution in [3.63, 3.8) is 0 Å². The van der Waals surface area contributed by atoms with Crippen molar-refractivity contribution in [1.29, 1.82) is 0 Å². The van der Waals surface area contributed by atoms with E-state index in [0.29, 0.717) is 24.0 Å². The van der Waals surface area contributed by atoms with Gasteiger partial charge in [-0.05, 0) is 32.9 Å². The Kier molecular flexibility index (Phi) is 5.38. The first-order valence-corrected chi connectivity index (χ1v) is 10.1. The van der Waals surface area contributed by atoms with Crippen LogP contribution in [0.15, 0.2) is 35.5 Å². The van der Waals surface area contributed by atoms with E-state index < -0.39 is 22.0 Å². The number of ether oxygens (including phenoxy) is 1. The minimum Gasteiger partial charge on any atom is -0.477 e. The van der Waals surface area contributed by atoms with Crippen LogP contribution in [-0.2, 0) is 10.0 Å². The van der Waals surface area contributed by atoms with E-state index in [-0.39, 0.29) is 10.5 Å². The number of hydrogen-bond acceptors (Lipinski definition) is 8. The average Bonchev–Trinajstić information content (AvgIpc) is 3.21. The number of rotatable bonds is 6. The molecule has 11 heteroatoms. The summed E-state index contributed by atoms with van der Waals surface area (Å²) in [5, 5.41) is 5.76. The highest BCUT2D eigenvalue weighted by Gasteiger charge is 2.31. The van der Waals surface area contributed by atoms with Crippen LogP contribution in [0.2, 0.25) is 0 Å². The van der Waals surface area contributed by atoms with Crippen molar-refractivity contribution in [3.05, 3.63) is 46.8 Å². The lowest BCUT2D eigenvalue weighted by atomic mass is 10.2. The van der Waals surface area contributed by atoms with Crippen LogP contribution in [0.5, 0.6) is 5.88 Å². The molecule has 1 aliphatic rings. The molecule has 0 bridgehead atoms. The second-order valence-corrected chi connectivity index (χ2v) is 7.94. The van der Waals surface area contributed by atoms with Gasteiger partial charge in [0.25, 0.3) is 15.9 Å². The van der Waals surface area contributed by atoms with Gasteiger partial charge >= 0.3 is 0 Å². The summed E-state index contributed by atoms with van der Waals surface area (Å²) in [7, 11) is -2.30. The highest BCUT2D eigenvalue weighted by atomic mass is 32.2. The maximum absolute atomic E-state index is 12.5. The third-order valence-corrected chi connectivity index (χ3v) is 5.62. The lowest BCUT2D eigenvalue weighted by Gasteiger charge is -2.13. The summed E-state index contributed by atoms with van der Waals surface area (Å²) >= 11 is 0. The van der Waals surface area contributed by atoms with Crippen LogP contribution in [0.25, 0.3) is 5.82 Å². The standard InChI is InChI=1S/C17H22N6O4S/c1-5-27-16-8-9-23(20-16)15-7-6-13(11(2)18-15)17(24)21-28(25,26)14-10-22(4)19-12(14)3/h6-10,12,19H,5H2,1-4H3,(H,21,24). The van der Waals surface area contributed by atoms with Crippen LogP contribution in [-0.4, -0.2) is 53.8 Å². The van der Waals surface area contributed by atoms with Crippen molar-refractivity contribution in [2.45, 2.75) is 26.8 Å². The monoisotopic (exact) mass is 406 g/mol. The van der Waals surface area contributed by atoms with Crippen LogP contribution in [0.4, 0.5) is 0 Å². The van der Waals surface area contributed by atoms with Crippen molar-refractivity contribution in [2.75, 3.05) is 13.7 Å². The largest absolute Gasteiger partial charge is 0.477 e. The van der Waals surface area contributed by atoms with E-state index in [9.17, 15) is 13.2 Å². The van der Waals surface area contributed by atoms with Gasteiger partial charge in [-0.3, -0.25) is 4.79 Å². The Hall–Kier alpha value is -2.92. The summed E-state index contributed by atoms with van der Waals surface area (Å²) in [4.78, 5) is 17.0. The molecule has 1 aliphatic heterocycles. The topological polar surface area (TPSA) is 118 Å². The number of hydrogen-bond donors (Lipinski definition) is 2. The zero-order valence-electron chi connectivity index (χ0n) is 16.0. The van der Waals surface area contributed by atoms with Crippen LogP contribution in [0.3, 0.4) is 0 Å². The molecule has 150 valence electrons. The average molecular weight is 406 g/mol. The number of pyridine rings is 1. The molecule has 0 radical (unpaired) electrons. The number of nitrogens with zero attached hydrogens (tertiary/aromatic N) is 4. The van der Waals surface area contributed by atoms with Gasteiger partial charge in [-0.2, -0.15) is 0 Å². The summed E-state index contributed by atoms with van der Waals surface area (Å²) in [6.45, 7) is 5.68. The first kappa shape index (κ1) is 19.8. The first-order valence-electron chi connectivity index (χ1n) is 8.65. The van der Waals surface area contributed by atoms with E-state index in [1.54, 1.807) is 39.2 Å². The summed E-state index contributed by atoms with van der Waals surface area (Å²) < 4.78 is 34.0. The van der Waals surface area contributed by atoms with Crippen LogP contribution >= 0.6 is 0 Å². The van der Waals surface area contributed by atoms with Crippen molar-refractivity contribution in [3.8, 4) is 11.7 Å². The molecule has 2 aromatic rings. The molecule has 1 atom stereocenters. The van der Waals surface area contributed by atoms with Crippen LogP contribution in [0.1, 0.15) is 29.9 Å². The Morgan fingerprint density at radius 3 is 2.71 bits per heavy atom. The summed E-state index contributed by atoms with van der Waals surface area (Å²) in [5.74, 6) is 0.211. The van der Waals surface area contributed by atoms with Gasteiger partial charge in [-0.15, -0.1) is 5.10 Å². The normalized spacial score (nSPS) is 16.8. The van der Waals surface area contributed by atoms with E-state index >= 15 is 0 Å². The molecule has 2 aromatic heterocycles. The van der Waals surface area contributed by atoms with Gasteiger partial charge in [0.15, 0.2) is 5.82 Å². The molecule has 0 saturated heterocycles. The van der Waals surface area contributed by atoms with Gasteiger partial charge in [0.2, 0.25) is 5.88 Å². The fourth-order valence-electron chi connectivity index (χ4n) is 2.82. The Morgan fingerprint density at radius 2 is 2.11 bits per heavy atom. The van der Waals surface area contributed by atoms with E-state index in [4.69, 9.17) is 4.74 Å². The molecule has 1 unspecified atom stereocenters. The zero-order valence-corrected chi connectivity index (χ0v) is 16.8. The Labute approximate surface area is 163 Å². The van der Waals surface area contributed by atoms with Gasteiger partial charge in [0.05, 0.1) is 23.9 Å².